The van der Waals surface area contributed by atoms with Gasteiger partial charge in [-0.3, -0.25) is 15.0 Å². The van der Waals surface area contributed by atoms with Crippen LogP contribution in [0.2, 0.25) is 0 Å². The molecule has 0 spiro atoms. The fourth-order valence-corrected chi connectivity index (χ4v) is 4.20. The molecule has 4 heterocycles. The molecular weight excluding hydrogens is 336 g/mol. The maximum Gasteiger partial charge on any atom is 0.0926 e. The summed E-state index contributed by atoms with van der Waals surface area (Å²) in [6.07, 6.45) is 4.66. The second-order valence-corrected chi connectivity index (χ2v) is 7.22. The number of nitrogens with one attached hydrogen (secondary N) is 2. The number of aromatic amines is 2. The predicted molar refractivity (Wildman–Crippen MR) is 104 cm³/mol. The van der Waals surface area contributed by atoms with Gasteiger partial charge in [-0.1, -0.05) is 24.3 Å². The van der Waals surface area contributed by atoms with E-state index in [4.69, 9.17) is 9.97 Å². The van der Waals surface area contributed by atoms with Crippen LogP contribution in [-0.2, 0) is 13.0 Å². The highest BCUT2D eigenvalue weighted by Crippen LogP contribution is 2.37. The van der Waals surface area contributed by atoms with Crippen LogP contribution in [0.1, 0.15) is 39.9 Å². The van der Waals surface area contributed by atoms with Crippen LogP contribution in [0.3, 0.4) is 0 Å². The van der Waals surface area contributed by atoms with Crippen LogP contribution in [0, 0.1) is 13.8 Å². The largest absolute Gasteiger partial charge is 0.348 e. The molecule has 1 aliphatic heterocycles. The van der Waals surface area contributed by atoms with E-state index in [1.807, 2.05) is 18.6 Å². The Labute approximate surface area is 157 Å². The molecule has 27 heavy (non-hydrogen) atoms. The molecule has 2 N–H and O–H groups in total. The molecule has 5 rings (SSSR count). The summed E-state index contributed by atoms with van der Waals surface area (Å²) in [6, 6.07) is 10.6. The number of fused-ring (bicyclic) bond motifs is 2. The van der Waals surface area contributed by atoms with Crippen molar-refractivity contribution in [3.05, 3.63) is 76.8 Å². The van der Waals surface area contributed by atoms with Gasteiger partial charge in [-0.2, -0.15) is 5.10 Å². The SMILES string of the molecule is Cc1n[nH]c(C)c1CN1CCc2[nH]cnc2C1c1cccc2cccnc12. The maximum atomic E-state index is 4.70. The van der Waals surface area contributed by atoms with Gasteiger partial charge in [-0.15, -0.1) is 0 Å². The smallest absolute Gasteiger partial charge is 0.0926 e. The molecule has 6 heteroatoms. The zero-order valence-electron chi connectivity index (χ0n) is 15.5. The molecule has 1 atom stereocenters. The van der Waals surface area contributed by atoms with E-state index in [2.05, 4.69) is 58.2 Å². The van der Waals surface area contributed by atoms with Gasteiger partial charge in [0.05, 0.1) is 29.3 Å². The number of hydrogen-bond donors (Lipinski definition) is 2. The first-order valence-corrected chi connectivity index (χ1v) is 9.32. The van der Waals surface area contributed by atoms with Crippen molar-refractivity contribution in [1.82, 2.24) is 30.0 Å². The average Bonchev–Trinajstić information content (AvgIpc) is 3.29. The Morgan fingerprint density at radius 3 is 2.89 bits per heavy atom. The number of pyridine rings is 1. The third kappa shape index (κ3) is 2.64. The zero-order valence-corrected chi connectivity index (χ0v) is 15.5. The number of aromatic nitrogens is 5. The lowest BCUT2D eigenvalue weighted by Crippen LogP contribution is -2.36. The summed E-state index contributed by atoms with van der Waals surface area (Å²) in [5.74, 6) is 0. The summed E-state index contributed by atoms with van der Waals surface area (Å²) in [5, 5.41) is 8.65. The van der Waals surface area contributed by atoms with Crippen LogP contribution in [-0.4, -0.2) is 36.6 Å². The van der Waals surface area contributed by atoms with E-state index >= 15 is 0 Å². The second-order valence-electron chi connectivity index (χ2n) is 7.22. The van der Waals surface area contributed by atoms with E-state index in [0.29, 0.717) is 0 Å². The van der Waals surface area contributed by atoms with Crippen molar-refractivity contribution in [2.24, 2.45) is 0 Å². The number of imidazole rings is 1. The molecule has 6 nitrogen and oxygen atoms in total. The van der Waals surface area contributed by atoms with Gasteiger partial charge in [-0.25, -0.2) is 4.98 Å². The molecular formula is C21H22N6. The lowest BCUT2D eigenvalue weighted by molar-refractivity contribution is 0.200. The first kappa shape index (κ1) is 16.2. The topological polar surface area (TPSA) is 73.5 Å². The minimum atomic E-state index is 0.0762. The molecule has 4 aromatic rings. The second kappa shape index (κ2) is 6.32. The summed E-state index contributed by atoms with van der Waals surface area (Å²) in [5.41, 5.74) is 8.06. The Hall–Kier alpha value is -2.99. The van der Waals surface area contributed by atoms with Crippen LogP contribution in [0.5, 0.6) is 0 Å². The van der Waals surface area contributed by atoms with Crippen molar-refractivity contribution < 1.29 is 0 Å². The van der Waals surface area contributed by atoms with Gasteiger partial charge in [0.25, 0.3) is 0 Å². The maximum absolute atomic E-state index is 4.70. The number of nitrogens with zero attached hydrogens (tertiary/aromatic N) is 4. The van der Waals surface area contributed by atoms with E-state index in [0.717, 1.165) is 47.5 Å². The molecule has 1 aromatic carbocycles. The van der Waals surface area contributed by atoms with Gasteiger partial charge in [0, 0.05) is 53.6 Å². The fourth-order valence-electron chi connectivity index (χ4n) is 4.20. The number of H-pyrrole nitrogens is 2. The molecule has 136 valence electrons. The summed E-state index contributed by atoms with van der Waals surface area (Å²) in [4.78, 5) is 15.2. The first-order valence-electron chi connectivity index (χ1n) is 9.32. The third-order valence-electron chi connectivity index (χ3n) is 5.63. The van der Waals surface area contributed by atoms with Crippen molar-refractivity contribution in [2.45, 2.75) is 32.9 Å². The monoisotopic (exact) mass is 358 g/mol. The molecule has 0 fully saturated rings. The number of benzene rings is 1. The van der Waals surface area contributed by atoms with Crippen LogP contribution in [0.15, 0.2) is 42.9 Å². The van der Waals surface area contributed by atoms with E-state index in [-0.39, 0.29) is 6.04 Å². The fraction of sp³-hybridized carbons (Fsp3) is 0.286. The first-order chi connectivity index (χ1) is 13.2. The van der Waals surface area contributed by atoms with Gasteiger partial charge in [0.1, 0.15) is 0 Å². The highest BCUT2D eigenvalue weighted by molar-refractivity contribution is 5.82. The summed E-state index contributed by atoms with van der Waals surface area (Å²) in [6.45, 7) is 5.96. The van der Waals surface area contributed by atoms with E-state index < -0.39 is 0 Å². The highest BCUT2D eigenvalue weighted by atomic mass is 15.2. The number of rotatable bonds is 3. The third-order valence-corrected chi connectivity index (χ3v) is 5.63. The molecule has 3 aromatic heterocycles. The molecule has 1 unspecified atom stereocenters. The Bertz CT molecular complexity index is 1080. The zero-order chi connectivity index (χ0) is 18.4. The van der Waals surface area contributed by atoms with Crippen LogP contribution >= 0.6 is 0 Å². The molecule has 0 amide bonds. The van der Waals surface area contributed by atoms with Crippen molar-refractivity contribution in [3.8, 4) is 0 Å². The molecule has 0 aliphatic carbocycles. The van der Waals surface area contributed by atoms with Crippen molar-refractivity contribution in [1.29, 1.82) is 0 Å². The normalized spacial score (nSPS) is 17.3. The quantitative estimate of drug-likeness (QED) is 0.588. The lowest BCUT2D eigenvalue weighted by Gasteiger charge is -2.35. The molecule has 1 aliphatic rings. The summed E-state index contributed by atoms with van der Waals surface area (Å²) < 4.78 is 0. The van der Waals surface area contributed by atoms with Crippen LogP contribution in [0.4, 0.5) is 0 Å². The van der Waals surface area contributed by atoms with Gasteiger partial charge >= 0.3 is 0 Å². The van der Waals surface area contributed by atoms with E-state index in [1.54, 1.807) is 0 Å². The Kier molecular flexibility index (Phi) is 3.79. The minimum absolute atomic E-state index is 0.0762. The van der Waals surface area contributed by atoms with Crippen LogP contribution < -0.4 is 0 Å². The standard InChI is InChI=1S/C21H22N6/c1-13-17(14(2)26-25-13)11-27-10-8-18-20(24-12-23-18)21(27)16-7-3-5-15-6-4-9-22-19(15)16/h3-7,9,12,21H,8,10-11H2,1-2H3,(H,23,24)(H,25,26). The summed E-state index contributed by atoms with van der Waals surface area (Å²) in [7, 11) is 0. The highest BCUT2D eigenvalue weighted by Gasteiger charge is 2.33. The van der Waals surface area contributed by atoms with Gasteiger partial charge < -0.3 is 4.98 Å². The van der Waals surface area contributed by atoms with Gasteiger partial charge in [0.2, 0.25) is 0 Å². The van der Waals surface area contributed by atoms with E-state index in [1.165, 1.54) is 16.8 Å². The number of para-hydroxylation sites is 1. The number of aryl methyl sites for hydroxylation is 2. The van der Waals surface area contributed by atoms with E-state index in [9.17, 15) is 0 Å². The van der Waals surface area contributed by atoms with Crippen molar-refractivity contribution >= 4 is 10.9 Å². The van der Waals surface area contributed by atoms with Gasteiger partial charge in [0.15, 0.2) is 0 Å². The summed E-state index contributed by atoms with van der Waals surface area (Å²) >= 11 is 0. The minimum Gasteiger partial charge on any atom is -0.348 e. The van der Waals surface area contributed by atoms with Gasteiger partial charge in [-0.05, 0) is 19.9 Å². The Morgan fingerprint density at radius 1 is 1.15 bits per heavy atom. The molecule has 0 saturated heterocycles. The average molecular weight is 358 g/mol. The molecule has 0 radical (unpaired) electrons. The number of hydrogen-bond acceptors (Lipinski definition) is 4. The Balaban J connectivity index is 1.65. The predicted octanol–water partition coefficient (Wildman–Crippen LogP) is 3.45. The van der Waals surface area contributed by atoms with Crippen molar-refractivity contribution in [3.63, 3.8) is 0 Å². The molecule has 0 saturated carbocycles. The lowest BCUT2D eigenvalue weighted by atomic mass is 9.93. The Morgan fingerprint density at radius 2 is 2.04 bits per heavy atom. The van der Waals surface area contributed by atoms with Crippen molar-refractivity contribution in [2.75, 3.05) is 6.54 Å². The molecule has 0 bridgehead atoms. The van der Waals surface area contributed by atoms with Crippen LogP contribution in [0.25, 0.3) is 10.9 Å².